The van der Waals surface area contributed by atoms with Crippen LogP contribution < -0.4 is 5.73 Å². The van der Waals surface area contributed by atoms with Gasteiger partial charge in [-0.15, -0.1) is 0 Å². The molecule has 0 bridgehead atoms. The quantitative estimate of drug-likeness (QED) is 0.676. The van der Waals surface area contributed by atoms with Gasteiger partial charge in [0, 0.05) is 11.8 Å². The number of benzene rings is 1. The van der Waals surface area contributed by atoms with Crippen LogP contribution in [0.3, 0.4) is 0 Å². The SMILES string of the molecule is N#Cc1cccc(/C(N)=C/C(=O)O)c1. The van der Waals surface area contributed by atoms with Crippen molar-refractivity contribution in [3.8, 4) is 6.07 Å². The van der Waals surface area contributed by atoms with Gasteiger partial charge in [-0.2, -0.15) is 5.26 Å². The minimum absolute atomic E-state index is 0.134. The molecule has 0 unspecified atom stereocenters. The third-order valence-corrected chi connectivity index (χ3v) is 1.60. The van der Waals surface area contributed by atoms with E-state index in [9.17, 15) is 4.79 Å². The fourth-order valence-electron chi connectivity index (χ4n) is 0.985. The molecule has 0 radical (unpaired) electrons. The van der Waals surface area contributed by atoms with Crippen LogP contribution in [0.1, 0.15) is 11.1 Å². The number of carboxylic acid groups (broad SMARTS) is 1. The smallest absolute Gasteiger partial charge is 0.330 e. The van der Waals surface area contributed by atoms with Crippen LogP contribution in [0.4, 0.5) is 0 Å². The minimum Gasteiger partial charge on any atom is -0.478 e. The lowest BCUT2D eigenvalue weighted by atomic mass is 10.1. The predicted octanol–water partition coefficient (Wildman–Crippen LogP) is 0.942. The second-order valence-electron chi connectivity index (χ2n) is 2.63. The maximum absolute atomic E-state index is 10.3. The summed E-state index contributed by atoms with van der Waals surface area (Å²) in [6, 6.07) is 8.40. The molecule has 1 rings (SSSR count). The zero-order valence-corrected chi connectivity index (χ0v) is 7.27. The third-order valence-electron chi connectivity index (χ3n) is 1.60. The van der Waals surface area contributed by atoms with Crippen molar-refractivity contribution in [2.75, 3.05) is 0 Å². The molecule has 0 saturated heterocycles. The van der Waals surface area contributed by atoms with Gasteiger partial charge in [0.15, 0.2) is 0 Å². The van der Waals surface area contributed by atoms with Crippen molar-refractivity contribution in [2.24, 2.45) is 5.73 Å². The number of rotatable bonds is 2. The molecule has 4 heteroatoms. The Morgan fingerprint density at radius 1 is 1.57 bits per heavy atom. The Labute approximate surface area is 80.9 Å². The number of carbonyl (C=O) groups is 1. The average molecular weight is 188 g/mol. The summed E-state index contributed by atoms with van der Waals surface area (Å²) in [4.78, 5) is 10.3. The second kappa shape index (κ2) is 4.10. The van der Waals surface area contributed by atoms with Crippen LogP contribution in [0.25, 0.3) is 5.70 Å². The lowest BCUT2D eigenvalue weighted by molar-refractivity contribution is -0.131. The summed E-state index contributed by atoms with van der Waals surface area (Å²) in [7, 11) is 0. The van der Waals surface area contributed by atoms with E-state index in [0.717, 1.165) is 6.08 Å². The summed E-state index contributed by atoms with van der Waals surface area (Å²) in [5, 5.41) is 17.0. The monoisotopic (exact) mass is 188 g/mol. The fourth-order valence-corrected chi connectivity index (χ4v) is 0.985. The Kier molecular flexibility index (Phi) is 2.87. The average Bonchev–Trinajstić information content (AvgIpc) is 2.17. The van der Waals surface area contributed by atoms with Crippen LogP contribution in [-0.2, 0) is 4.79 Å². The van der Waals surface area contributed by atoms with Gasteiger partial charge in [-0.05, 0) is 17.7 Å². The molecule has 0 aliphatic rings. The van der Waals surface area contributed by atoms with Crippen molar-refractivity contribution in [2.45, 2.75) is 0 Å². The molecule has 4 nitrogen and oxygen atoms in total. The van der Waals surface area contributed by atoms with E-state index in [0.29, 0.717) is 11.1 Å². The van der Waals surface area contributed by atoms with Crippen molar-refractivity contribution in [1.82, 2.24) is 0 Å². The molecule has 1 aromatic rings. The maximum Gasteiger partial charge on any atom is 0.330 e. The highest BCUT2D eigenvalue weighted by Crippen LogP contribution is 2.10. The summed E-state index contributed by atoms with van der Waals surface area (Å²) < 4.78 is 0. The largest absolute Gasteiger partial charge is 0.478 e. The zero-order chi connectivity index (χ0) is 10.6. The van der Waals surface area contributed by atoms with E-state index in [4.69, 9.17) is 16.1 Å². The molecule has 0 aliphatic carbocycles. The lowest BCUT2D eigenvalue weighted by Crippen LogP contribution is -2.00. The highest BCUT2D eigenvalue weighted by molar-refractivity contribution is 5.89. The topological polar surface area (TPSA) is 87.1 Å². The van der Waals surface area contributed by atoms with Crippen molar-refractivity contribution >= 4 is 11.7 Å². The number of aliphatic carboxylic acids is 1. The molecule has 3 N–H and O–H groups in total. The number of nitrogens with zero attached hydrogens (tertiary/aromatic N) is 1. The first kappa shape index (κ1) is 9.81. The van der Waals surface area contributed by atoms with E-state index in [1.165, 1.54) is 6.07 Å². The summed E-state index contributed by atoms with van der Waals surface area (Å²) in [5.74, 6) is -1.11. The highest BCUT2D eigenvalue weighted by atomic mass is 16.4. The van der Waals surface area contributed by atoms with Gasteiger partial charge in [0.1, 0.15) is 0 Å². The first-order valence-corrected chi connectivity index (χ1v) is 3.84. The third kappa shape index (κ3) is 2.35. The Hall–Kier alpha value is -2.28. The Morgan fingerprint density at radius 2 is 2.29 bits per heavy atom. The summed E-state index contributed by atoms with van der Waals surface area (Å²) in [6.07, 6.45) is 0.899. The molecule has 0 aromatic heterocycles. The molecule has 0 atom stereocenters. The Bertz CT molecular complexity index is 430. The van der Waals surface area contributed by atoms with E-state index in [-0.39, 0.29) is 5.70 Å². The fraction of sp³-hybridized carbons (Fsp3) is 0. The van der Waals surface area contributed by atoms with Crippen molar-refractivity contribution in [3.05, 3.63) is 41.5 Å². The van der Waals surface area contributed by atoms with Crippen LogP contribution in [0.5, 0.6) is 0 Å². The van der Waals surface area contributed by atoms with Gasteiger partial charge in [-0.3, -0.25) is 0 Å². The van der Waals surface area contributed by atoms with Crippen LogP contribution in [-0.4, -0.2) is 11.1 Å². The molecule has 0 saturated carbocycles. The van der Waals surface area contributed by atoms with Gasteiger partial charge in [0.2, 0.25) is 0 Å². The first-order valence-electron chi connectivity index (χ1n) is 3.84. The molecule has 0 fully saturated rings. The lowest BCUT2D eigenvalue weighted by Gasteiger charge is -1.99. The number of hydrogen-bond donors (Lipinski definition) is 2. The van der Waals surface area contributed by atoms with Crippen LogP contribution in [0.2, 0.25) is 0 Å². The standard InChI is InChI=1S/C10H8N2O2/c11-6-7-2-1-3-8(4-7)9(12)5-10(13)14/h1-5H,12H2,(H,13,14)/b9-5-. The van der Waals surface area contributed by atoms with E-state index < -0.39 is 5.97 Å². The van der Waals surface area contributed by atoms with Crippen LogP contribution in [0.15, 0.2) is 30.3 Å². The maximum atomic E-state index is 10.3. The molecular weight excluding hydrogens is 180 g/mol. The molecule has 1 aromatic carbocycles. The minimum atomic E-state index is -1.11. The van der Waals surface area contributed by atoms with Crippen molar-refractivity contribution in [1.29, 1.82) is 5.26 Å². The molecule has 0 amide bonds. The van der Waals surface area contributed by atoms with Crippen molar-refractivity contribution < 1.29 is 9.90 Å². The van der Waals surface area contributed by atoms with Crippen molar-refractivity contribution in [3.63, 3.8) is 0 Å². The predicted molar refractivity (Wildman–Crippen MR) is 51.0 cm³/mol. The summed E-state index contributed by atoms with van der Waals surface area (Å²) in [5.41, 5.74) is 6.61. The second-order valence-corrected chi connectivity index (χ2v) is 2.63. The Morgan fingerprint density at radius 3 is 2.86 bits per heavy atom. The van der Waals surface area contributed by atoms with Gasteiger partial charge >= 0.3 is 5.97 Å². The molecule has 70 valence electrons. The summed E-state index contributed by atoms with van der Waals surface area (Å²) in [6.45, 7) is 0. The van der Waals surface area contributed by atoms with E-state index >= 15 is 0 Å². The van der Waals surface area contributed by atoms with E-state index in [2.05, 4.69) is 0 Å². The van der Waals surface area contributed by atoms with Gasteiger partial charge in [0.25, 0.3) is 0 Å². The molecule has 0 aliphatic heterocycles. The Balaban J connectivity index is 3.09. The van der Waals surface area contributed by atoms with Gasteiger partial charge in [-0.1, -0.05) is 12.1 Å². The van der Waals surface area contributed by atoms with Crippen LogP contribution >= 0.6 is 0 Å². The molecule has 0 heterocycles. The number of hydrogen-bond acceptors (Lipinski definition) is 3. The van der Waals surface area contributed by atoms with Gasteiger partial charge in [-0.25, -0.2) is 4.79 Å². The van der Waals surface area contributed by atoms with E-state index in [1.54, 1.807) is 18.2 Å². The number of carboxylic acids is 1. The van der Waals surface area contributed by atoms with Crippen LogP contribution in [0, 0.1) is 11.3 Å². The first-order chi connectivity index (χ1) is 6.63. The molecule has 0 spiro atoms. The van der Waals surface area contributed by atoms with E-state index in [1.807, 2.05) is 6.07 Å². The van der Waals surface area contributed by atoms with Gasteiger partial charge < -0.3 is 10.8 Å². The zero-order valence-electron chi connectivity index (χ0n) is 7.27. The molecular formula is C10H8N2O2. The molecule has 14 heavy (non-hydrogen) atoms. The highest BCUT2D eigenvalue weighted by Gasteiger charge is 2.00. The number of nitrogens with two attached hydrogens (primary N) is 1. The number of nitriles is 1. The van der Waals surface area contributed by atoms with Gasteiger partial charge in [0.05, 0.1) is 11.6 Å². The normalized spacial score (nSPS) is 10.6. The summed E-state index contributed by atoms with van der Waals surface area (Å²) >= 11 is 0.